The van der Waals surface area contributed by atoms with Crippen LogP contribution in [0.3, 0.4) is 0 Å². The molecule has 2 heterocycles. The fourth-order valence-corrected chi connectivity index (χ4v) is 3.73. The molecule has 170 valence electrons. The predicted octanol–water partition coefficient (Wildman–Crippen LogP) is 2.74. The second-order valence-corrected chi connectivity index (χ2v) is 8.01. The third-order valence-corrected chi connectivity index (χ3v) is 5.88. The van der Waals surface area contributed by atoms with Gasteiger partial charge in [0.1, 0.15) is 12.4 Å². The number of likely N-dealkylation sites (N-methyl/N-ethyl adjacent to an activating group) is 2. The van der Waals surface area contributed by atoms with E-state index in [0.717, 1.165) is 41.9 Å². The van der Waals surface area contributed by atoms with E-state index in [2.05, 4.69) is 48.5 Å². The fourth-order valence-electron chi connectivity index (χ4n) is 3.73. The highest BCUT2D eigenvalue weighted by Gasteiger charge is 2.23. The number of amides is 2. The molecule has 0 N–H and O–H groups in total. The van der Waals surface area contributed by atoms with Gasteiger partial charge in [-0.3, -0.25) is 19.5 Å². The van der Waals surface area contributed by atoms with Crippen molar-refractivity contribution in [2.75, 3.05) is 46.4 Å². The standard InChI is InChI=1S/C25H32N4O3/c1-5-24(30)27(4)13-14-32-23-16-26-10-9-22(23)20-7-8-21(19(3)15-20)17-29-12-11-28(6-2)18-25(29)31/h5,7-10,15-16H,1,6,11-14,17-18H2,2-4H3. The molecule has 32 heavy (non-hydrogen) atoms. The van der Waals surface area contributed by atoms with Gasteiger partial charge in [0.2, 0.25) is 11.8 Å². The van der Waals surface area contributed by atoms with E-state index in [1.54, 1.807) is 24.3 Å². The van der Waals surface area contributed by atoms with Gasteiger partial charge in [-0.2, -0.15) is 0 Å². The van der Waals surface area contributed by atoms with Crippen LogP contribution in [0, 0.1) is 6.92 Å². The number of hydrogen-bond donors (Lipinski definition) is 0. The van der Waals surface area contributed by atoms with Gasteiger partial charge in [0, 0.05) is 38.4 Å². The number of carbonyl (C=O) groups is 2. The van der Waals surface area contributed by atoms with Gasteiger partial charge in [-0.05, 0) is 42.3 Å². The van der Waals surface area contributed by atoms with Crippen molar-refractivity contribution >= 4 is 11.8 Å². The highest BCUT2D eigenvalue weighted by molar-refractivity contribution is 5.86. The normalized spacial score (nSPS) is 14.3. The molecule has 0 aliphatic carbocycles. The SMILES string of the molecule is C=CC(=O)N(C)CCOc1cnccc1-c1ccc(CN2CCN(CC)CC2=O)c(C)c1. The summed E-state index contributed by atoms with van der Waals surface area (Å²) in [6, 6.07) is 8.20. The van der Waals surface area contributed by atoms with E-state index >= 15 is 0 Å². The number of nitrogens with zero attached hydrogens (tertiary/aromatic N) is 4. The first-order chi connectivity index (χ1) is 15.4. The Kier molecular flexibility index (Phi) is 8.00. The van der Waals surface area contributed by atoms with Crippen LogP contribution in [0.2, 0.25) is 0 Å². The van der Waals surface area contributed by atoms with Gasteiger partial charge in [-0.25, -0.2) is 0 Å². The van der Waals surface area contributed by atoms with Crippen molar-refractivity contribution < 1.29 is 14.3 Å². The lowest BCUT2D eigenvalue weighted by atomic mass is 9.99. The van der Waals surface area contributed by atoms with E-state index in [4.69, 9.17) is 4.74 Å². The molecule has 1 saturated heterocycles. The third kappa shape index (κ3) is 5.73. The van der Waals surface area contributed by atoms with Crippen LogP contribution in [-0.2, 0) is 16.1 Å². The molecule has 0 atom stereocenters. The smallest absolute Gasteiger partial charge is 0.245 e. The van der Waals surface area contributed by atoms with Crippen molar-refractivity contribution in [1.82, 2.24) is 19.7 Å². The highest BCUT2D eigenvalue weighted by Crippen LogP contribution is 2.30. The van der Waals surface area contributed by atoms with Crippen molar-refractivity contribution in [2.45, 2.75) is 20.4 Å². The molecule has 3 rings (SSSR count). The minimum Gasteiger partial charge on any atom is -0.489 e. The highest BCUT2D eigenvalue weighted by atomic mass is 16.5. The van der Waals surface area contributed by atoms with Crippen LogP contribution in [0.1, 0.15) is 18.1 Å². The fraction of sp³-hybridized carbons (Fsp3) is 0.400. The van der Waals surface area contributed by atoms with Crippen LogP contribution >= 0.6 is 0 Å². The van der Waals surface area contributed by atoms with Gasteiger partial charge < -0.3 is 14.5 Å². The van der Waals surface area contributed by atoms with Gasteiger partial charge >= 0.3 is 0 Å². The Balaban J connectivity index is 1.69. The first-order valence-corrected chi connectivity index (χ1v) is 11.0. The van der Waals surface area contributed by atoms with Gasteiger partial charge in [0.15, 0.2) is 0 Å². The van der Waals surface area contributed by atoms with Crippen molar-refractivity contribution in [1.29, 1.82) is 0 Å². The molecule has 1 fully saturated rings. The van der Waals surface area contributed by atoms with Crippen molar-refractivity contribution in [3.05, 3.63) is 60.4 Å². The Labute approximate surface area is 190 Å². The van der Waals surface area contributed by atoms with Crippen LogP contribution in [0.15, 0.2) is 49.3 Å². The van der Waals surface area contributed by atoms with Gasteiger partial charge in [-0.15, -0.1) is 0 Å². The summed E-state index contributed by atoms with van der Waals surface area (Å²) in [7, 11) is 1.71. The second kappa shape index (κ2) is 10.9. The lowest BCUT2D eigenvalue weighted by molar-refractivity contribution is -0.136. The van der Waals surface area contributed by atoms with E-state index in [1.165, 1.54) is 6.08 Å². The molecule has 2 aromatic rings. The maximum absolute atomic E-state index is 12.5. The number of piperazine rings is 1. The molecule has 0 bridgehead atoms. The van der Waals surface area contributed by atoms with Crippen LogP contribution in [0.5, 0.6) is 5.75 Å². The summed E-state index contributed by atoms with van der Waals surface area (Å²) in [4.78, 5) is 33.9. The van der Waals surface area contributed by atoms with Crippen molar-refractivity contribution in [3.63, 3.8) is 0 Å². The topological polar surface area (TPSA) is 66.0 Å². The molecule has 2 amide bonds. The molecule has 1 aliphatic rings. The number of hydrogen-bond acceptors (Lipinski definition) is 5. The van der Waals surface area contributed by atoms with Gasteiger partial charge in [-0.1, -0.05) is 31.7 Å². The van der Waals surface area contributed by atoms with E-state index in [0.29, 0.717) is 32.0 Å². The summed E-state index contributed by atoms with van der Waals surface area (Å²) in [6.07, 6.45) is 4.72. The lowest BCUT2D eigenvalue weighted by Gasteiger charge is -2.34. The predicted molar refractivity (Wildman–Crippen MR) is 125 cm³/mol. The van der Waals surface area contributed by atoms with E-state index in [-0.39, 0.29) is 11.8 Å². The van der Waals surface area contributed by atoms with Crippen molar-refractivity contribution in [3.8, 4) is 16.9 Å². The Bertz CT molecular complexity index is 975. The minimum absolute atomic E-state index is 0.138. The maximum Gasteiger partial charge on any atom is 0.245 e. The minimum atomic E-state index is -0.138. The number of rotatable bonds is 9. The maximum atomic E-state index is 12.5. The summed E-state index contributed by atoms with van der Waals surface area (Å²) in [5.74, 6) is 0.720. The van der Waals surface area contributed by atoms with Crippen molar-refractivity contribution in [2.24, 2.45) is 0 Å². The zero-order valence-corrected chi connectivity index (χ0v) is 19.2. The lowest BCUT2D eigenvalue weighted by Crippen LogP contribution is -2.49. The monoisotopic (exact) mass is 436 g/mol. The zero-order chi connectivity index (χ0) is 23.1. The largest absolute Gasteiger partial charge is 0.489 e. The van der Waals surface area contributed by atoms with E-state index < -0.39 is 0 Å². The van der Waals surface area contributed by atoms with E-state index in [1.807, 2.05) is 11.0 Å². The van der Waals surface area contributed by atoms with Gasteiger partial charge in [0.25, 0.3) is 0 Å². The molecular weight excluding hydrogens is 404 g/mol. The van der Waals surface area contributed by atoms with E-state index in [9.17, 15) is 9.59 Å². The summed E-state index contributed by atoms with van der Waals surface area (Å²) in [5, 5.41) is 0. The molecular formula is C25H32N4O3. The molecule has 7 heteroatoms. The molecule has 0 unspecified atom stereocenters. The molecule has 7 nitrogen and oxygen atoms in total. The second-order valence-electron chi connectivity index (χ2n) is 8.01. The average molecular weight is 437 g/mol. The third-order valence-electron chi connectivity index (χ3n) is 5.88. The summed E-state index contributed by atoms with van der Waals surface area (Å²) in [5.41, 5.74) is 4.25. The molecule has 0 saturated carbocycles. The number of ether oxygens (including phenoxy) is 1. The van der Waals surface area contributed by atoms with Crippen LogP contribution < -0.4 is 4.74 Å². The van der Waals surface area contributed by atoms with Gasteiger partial charge in [0.05, 0.1) is 19.3 Å². The first kappa shape index (κ1) is 23.5. The molecule has 1 aromatic heterocycles. The molecule has 0 radical (unpaired) electrons. The first-order valence-electron chi connectivity index (χ1n) is 11.0. The summed E-state index contributed by atoms with van der Waals surface area (Å²) in [6.45, 7) is 12.2. The quantitative estimate of drug-likeness (QED) is 0.566. The number of aromatic nitrogens is 1. The zero-order valence-electron chi connectivity index (χ0n) is 19.2. The van der Waals surface area contributed by atoms with Crippen LogP contribution in [0.4, 0.5) is 0 Å². The molecule has 1 aliphatic heterocycles. The average Bonchev–Trinajstić information content (AvgIpc) is 2.81. The van der Waals surface area contributed by atoms with Crippen LogP contribution in [0.25, 0.3) is 11.1 Å². The molecule has 1 aromatic carbocycles. The Hall–Kier alpha value is -3.19. The summed E-state index contributed by atoms with van der Waals surface area (Å²) < 4.78 is 5.93. The number of aryl methyl sites for hydroxylation is 1. The van der Waals surface area contributed by atoms with Crippen LogP contribution in [-0.4, -0.2) is 77.9 Å². The Morgan fingerprint density at radius 2 is 2.12 bits per heavy atom. The Morgan fingerprint density at radius 1 is 1.31 bits per heavy atom. The Morgan fingerprint density at radius 3 is 2.81 bits per heavy atom. The number of benzene rings is 1. The number of carbonyl (C=O) groups excluding carboxylic acids is 2. The number of pyridine rings is 1. The molecule has 0 spiro atoms. The summed E-state index contributed by atoms with van der Waals surface area (Å²) >= 11 is 0.